The molecule has 0 aliphatic carbocycles. The van der Waals surface area contributed by atoms with Crippen molar-refractivity contribution in [2.45, 2.75) is 26.4 Å². The summed E-state index contributed by atoms with van der Waals surface area (Å²) in [5.41, 5.74) is -0.654. The molecule has 5 heteroatoms. The number of rotatable bonds is 4. The summed E-state index contributed by atoms with van der Waals surface area (Å²) in [6.45, 7) is 5.17. The van der Waals surface area contributed by atoms with Crippen molar-refractivity contribution >= 4 is 11.9 Å². The molecule has 0 aliphatic heterocycles. The molecule has 0 rings (SSSR count). The highest BCUT2D eigenvalue weighted by Gasteiger charge is 2.30. The Bertz CT molecular complexity index is 219. The zero-order valence-corrected chi connectivity index (χ0v) is 8.96. The standard InChI is InChI=1S/C9H17NO4/c1-9(2,3)14-8(13)6(5-10-4)7(11)12/h6,10H,5H2,1-4H3,(H,11,12). The molecule has 14 heavy (non-hydrogen) atoms. The quantitative estimate of drug-likeness (QED) is 0.506. The molecule has 0 aromatic rings. The van der Waals surface area contributed by atoms with Gasteiger partial charge in [-0.2, -0.15) is 0 Å². The van der Waals surface area contributed by atoms with Crippen molar-refractivity contribution in [2.24, 2.45) is 5.92 Å². The van der Waals surface area contributed by atoms with Gasteiger partial charge in [-0.3, -0.25) is 9.59 Å². The molecule has 0 spiro atoms. The van der Waals surface area contributed by atoms with E-state index in [4.69, 9.17) is 9.84 Å². The molecule has 0 bridgehead atoms. The van der Waals surface area contributed by atoms with Crippen molar-refractivity contribution in [1.82, 2.24) is 5.32 Å². The second-order valence-corrected chi connectivity index (χ2v) is 3.98. The molecule has 82 valence electrons. The number of carboxylic acids is 1. The van der Waals surface area contributed by atoms with Crippen LogP contribution in [0, 0.1) is 5.92 Å². The van der Waals surface area contributed by atoms with Gasteiger partial charge >= 0.3 is 11.9 Å². The van der Waals surface area contributed by atoms with Crippen molar-refractivity contribution in [2.75, 3.05) is 13.6 Å². The Labute approximate surface area is 83.4 Å². The van der Waals surface area contributed by atoms with Crippen LogP contribution in [0.15, 0.2) is 0 Å². The number of esters is 1. The van der Waals surface area contributed by atoms with E-state index in [1.807, 2.05) is 0 Å². The number of ether oxygens (including phenoxy) is 1. The van der Waals surface area contributed by atoms with Gasteiger partial charge in [-0.1, -0.05) is 0 Å². The van der Waals surface area contributed by atoms with Gasteiger partial charge in [-0.05, 0) is 27.8 Å². The highest BCUT2D eigenvalue weighted by Crippen LogP contribution is 2.11. The molecule has 1 atom stereocenters. The molecular weight excluding hydrogens is 186 g/mol. The number of carboxylic acid groups (broad SMARTS) is 1. The summed E-state index contributed by atoms with van der Waals surface area (Å²) in [6.07, 6.45) is 0. The zero-order valence-electron chi connectivity index (χ0n) is 8.96. The second-order valence-electron chi connectivity index (χ2n) is 3.98. The van der Waals surface area contributed by atoms with Crippen molar-refractivity contribution in [1.29, 1.82) is 0 Å². The Morgan fingerprint density at radius 1 is 1.43 bits per heavy atom. The van der Waals surface area contributed by atoms with Crippen molar-refractivity contribution in [3.05, 3.63) is 0 Å². The van der Waals surface area contributed by atoms with Gasteiger partial charge < -0.3 is 15.2 Å². The Morgan fingerprint density at radius 2 is 1.93 bits per heavy atom. The molecule has 0 saturated carbocycles. The highest BCUT2D eigenvalue weighted by molar-refractivity contribution is 5.94. The molecule has 0 radical (unpaired) electrons. The lowest BCUT2D eigenvalue weighted by Crippen LogP contribution is -2.37. The molecular formula is C9H17NO4. The summed E-state index contributed by atoms with van der Waals surface area (Å²) >= 11 is 0. The molecule has 2 N–H and O–H groups in total. The summed E-state index contributed by atoms with van der Waals surface area (Å²) in [5, 5.41) is 11.4. The molecule has 0 aromatic heterocycles. The van der Waals surface area contributed by atoms with Gasteiger partial charge in [0.25, 0.3) is 0 Å². The number of hydrogen-bond donors (Lipinski definition) is 2. The van der Waals surface area contributed by atoms with Crippen LogP contribution in [0.4, 0.5) is 0 Å². The maximum absolute atomic E-state index is 11.3. The first-order valence-corrected chi connectivity index (χ1v) is 4.38. The molecule has 0 amide bonds. The Kier molecular flexibility index (Phi) is 4.56. The van der Waals surface area contributed by atoms with Crippen LogP contribution in [0.3, 0.4) is 0 Å². The van der Waals surface area contributed by atoms with Crippen molar-refractivity contribution in [3.63, 3.8) is 0 Å². The summed E-state index contributed by atoms with van der Waals surface area (Å²) in [6, 6.07) is 0. The predicted octanol–water partition coefficient (Wildman–Crippen LogP) is 0.248. The first-order valence-electron chi connectivity index (χ1n) is 4.38. The largest absolute Gasteiger partial charge is 0.481 e. The average molecular weight is 203 g/mol. The molecule has 0 saturated heterocycles. The second kappa shape index (κ2) is 4.95. The van der Waals surface area contributed by atoms with E-state index in [0.717, 1.165) is 0 Å². The van der Waals surface area contributed by atoms with E-state index in [2.05, 4.69) is 5.32 Å². The van der Waals surface area contributed by atoms with Crippen molar-refractivity contribution < 1.29 is 19.4 Å². The summed E-state index contributed by atoms with van der Waals surface area (Å²) in [4.78, 5) is 22.0. The fourth-order valence-electron chi connectivity index (χ4n) is 0.848. The van der Waals surface area contributed by atoms with Crippen LogP contribution in [-0.2, 0) is 14.3 Å². The Balaban J connectivity index is 4.38. The first kappa shape index (κ1) is 12.9. The Morgan fingerprint density at radius 3 is 2.21 bits per heavy atom. The van der Waals surface area contributed by atoms with E-state index in [-0.39, 0.29) is 6.54 Å². The minimum atomic E-state index is -1.17. The molecule has 5 nitrogen and oxygen atoms in total. The Hall–Kier alpha value is -1.10. The van der Waals surface area contributed by atoms with Gasteiger partial charge in [0, 0.05) is 6.54 Å². The smallest absolute Gasteiger partial charge is 0.322 e. The van der Waals surface area contributed by atoms with E-state index in [1.165, 1.54) is 0 Å². The predicted molar refractivity (Wildman–Crippen MR) is 50.9 cm³/mol. The van der Waals surface area contributed by atoms with Gasteiger partial charge in [0.1, 0.15) is 5.60 Å². The lowest BCUT2D eigenvalue weighted by molar-refractivity contribution is -0.166. The third-order valence-corrected chi connectivity index (χ3v) is 1.40. The lowest BCUT2D eigenvalue weighted by Gasteiger charge is -2.22. The molecule has 0 aliphatic rings. The average Bonchev–Trinajstić information content (AvgIpc) is 1.95. The number of hydrogen-bond acceptors (Lipinski definition) is 4. The molecule has 1 unspecified atom stereocenters. The van der Waals surface area contributed by atoms with Crippen LogP contribution < -0.4 is 5.32 Å². The minimum Gasteiger partial charge on any atom is -0.481 e. The fraction of sp³-hybridized carbons (Fsp3) is 0.778. The number of carbonyl (C=O) groups is 2. The first-order chi connectivity index (χ1) is 6.28. The van der Waals surface area contributed by atoms with E-state index in [1.54, 1.807) is 27.8 Å². The molecule has 0 aromatic carbocycles. The maximum Gasteiger partial charge on any atom is 0.322 e. The fourth-order valence-corrected chi connectivity index (χ4v) is 0.848. The third kappa shape index (κ3) is 4.81. The van der Waals surface area contributed by atoms with Gasteiger partial charge in [0.05, 0.1) is 0 Å². The number of nitrogens with one attached hydrogen (secondary N) is 1. The summed E-state index contributed by atoms with van der Waals surface area (Å²) in [7, 11) is 1.58. The number of carbonyl (C=O) groups excluding carboxylic acids is 1. The normalized spacial score (nSPS) is 13.4. The van der Waals surface area contributed by atoms with Crippen LogP contribution in [0.2, 0.25) is 0 Å². The van der Waals surface area contributed by atoms with Gasteiger partial charge in [-0.15, -0.1) is 0 Å². The van der Waals surface area contributed by atoms with E-state index < -0.39 is 23.5 Å². The monoisotopic (exact) mass is 203 g/mol. The summed E-state index contributed by atoms with van der Waals surface area (Å²) < 4.78 is 4.95. The van der Waals surface area contributed by atoms with Crippen LogP contribution in [0.5, 0.6) is 0 Å². The summed E-state index contributed by atoms with van der Waals surface area (Å²) in [5.74, 6) is -3.02. The van der Waals surface area contributed by atoms with E-state index in [0.29, 0.717) is 0 Å². The van der Waals surface area contributed by atoms with Crippen molar-refractivity contribution in [3.8, 4) is 0 Å². The molecule has 0 fully saturated rings. The minimum absolute atomic E-state index is 0.0737. The maximum atomic E-state index is 11.3. The highest BCUT2D eigenvalue weighted by atomic mass is 16.6. The van der Waals surface area contributed by atoms with Gasteiger partial charge in [0.2, 0.25) is 0 Å². The van der Waals surface area contributed by atoms with Gasteiger partial charge in [0.15, 0.2) is 5.92 Å². The van der Waals surface area contributed by atoms with Crippen LogP contribution in [0.1, 0.15) is 20.8 Å². The van der Waals surface area contributed by atoms with E-state index in [9.17, 15) is 9.59 Å². The third-order valence-electron chi connectivity index (χ3n) is 1.40. The lowest BCUT2D eigenvalue weighted by atomic mass is 10.1. The SMILES string of the molecule is CNCC(C(=O)O)C(=O)OC(C)(C)C. The number of aliphatic carboxylic acids is 1. The van der Waals surface area contributed by atoms with Crippen LogP contribution in [-0.4, -0.2) is 36.2 Å². The topological polar surface area (TPSA) is 75.6 Å². The van der Waals surface area contributed by atoms with Crippen LogP contribution >= 0.6 is 0 Å². The van der Waals surface area contributed by atoms with E-state index >= 15 is 0 Å². The zero-order chi connectivity index (χ0) is 11.4. The van der Waals surface area contributed by atoms with Crippen LogP contribution in [0.25, 0.3) is 0 Å². The molecule has 0 heterocycles. The van der Waals surface area contributed by atoms with Gasteiger partial charge in [-0.25, -0.2) is 0 Å².